The van der Waals surface area contributed by atoms with Crippen molar-refractivity contribution in [3.05, 3.63) is 82.0 Å². The molecule has 1 amide bonds. The first-order chi connectivity index (χ1) is 13.4. The summed E-state index contributed by atoms with van der Waals surface area (Å²) >= 11 is 0. The second-order valence-corrected chi connectivity index (χ2v) is 7.15. The molecule has 0 spiro atoms. The summed E-state index contributed by atoms with van der Waals surface area (Å²) < 4.78 is 0. The van der Waals surface area contributed by atoms with Crippen molar-refractivity contribution >= 4 is 5.91 Å². The first kappa shape index (κ1) is 19.5. The van der Waals surface area contributed by atoms with E-state index in [1.54, 1.807) is 24.5 Å². The first-order valence-corrected chi connectivity index (χ1v) is 9.29. The van der Waals surface area contributed by atoms with Crippen LogP contribution in [-0.4, -0.2) is 20.9 Å². The lowest BCUT2D eigenvalue weighted by atomic mass is 9.99. The van der Waals surface area contributed by atoms with Crippen LogP contribution in [0.3, 0.4) is 0 Å². The van der Waals surface area contributed by atoms with Gasteiger partial charge in [0, 0.05) is 24.0 Å². The molecule has 0 aliphatic carbocycles. The Hall–Kier alpha value is -3.28. The van der Waals surface area contributed by atoms with Crippen LogP contribution in [0.5, 0.6) is 0 Å². The molecule has 0 fully saturated rings. The van der Waals surface area contributed by atoms with Gasteiger partial charge in [-0.2, -0.15) is 0 Å². The zero-order valence-electron chi connectivity index (χ0n) is 16.3. The molecular formula is C22H24N4O2. The number of nitrogens with one attached hydrogen (secondary N) is 2. The number of nitrogens with zero attached hydrogens (tertiary/aromatic N) is 2. The minimum absolute atomic E-state index is 0.0698. The predicted molar refractivity (Wildman–Crippen MR) is 109 cm³/mol. The molecule has 2 heterocycles. The van der Waals surface area contributed by atoms with Gasteiger partial charge in [-0.15, -0.1) is 0 Å². The number of rotatable bonds is 6. The van der Waals surface area contributed by atoms with E-state index in [4.69, 9.17) is 0 Å². The molecular weight excluding hydrogens is 352 g/mol. The molecule has 1 atom stereocenters. The van der Waals surface area contributed by atoms with Gasteiger partial charge < -0.3 is 10.3 Å². The maximum Gasteiger partial charge on any atom is 0.251 e. The molecule has 0 bridgehead atoms. The van der Waals surface area contributed by atoms with Gasteiger partial charge in [0.25, 0.3) is 5.56 Å². The molecule has 3 aromatic rings. The van der Waals surface area contributed by atoms with Crippen molar-refractivity contribution < 1.29 is 4.79 Å². The molecule has 0 radical (unpaired) electrons. The van der Waals surface area contributed by atoms with Crippen molar-refractivity contribution in [2.24, 2.45) is 5.92 Å². The lowest BCUT2D eigenvalue weighted by Gasteiger charge is -2.22. The van der Waals surface area contributed by atoms with Crippen LogP contribution in [0.25, 0.3) is 11.4 Å². The number of amides is 1. The van der Waals surface area contributed by atoms with E-state index < -0.39 is 0 Å². The van der Waals surface area contributed by atoms with Crippen LogP contribution in [0.1, 0.15) is 36.7 Å². The standard InChI is InChI=1S/C22H24N4O2/c1-14(2)21(25-19(27)12-17-7-5-4-6-15(17)3)18-13-20(28)26-22(24-18)16-8-10-23-11-9-16/h4-11,13-14,21H,12H2,1-3H3,(H,25,27)(H,24,26,28)/t21-/m0/s1. The molecule has 6 heteroatoms. The number of carbonyl (C=O) groups is 1. The van der Waals surface area contributed by atoms with Gasteiger partial charge in [0.15, 0.2) is 0 Å². The quantitative estimate of drug-likeness (QED) is 0.692. The van der Waals surface area contributed by atoms with Crippen LogP contribution in [0.2, 0.25) is 0 Å². The van der Waals surface area contributed by atoms with Crippen LogP contribution in [-0.2, 0) is 11.2 Å². The third-order valence-corrected chi connectivity index (χ3v) is 4.63. The Kier molecular flexibility index (Phi) is 5.99. The van der Waals surface area contributed by atoms with Crippen molar-refractivity contribution in [2.45, 2.75) is 33.2 Å². The van der Waals surface area contributed by atoms with Crippen LogP contribution in [0, 0.1) is 12.8 Å². The molecule has 2 N–H and O–H groups in total. The Morgan fingerprint density at radius 2 is 1.86 bits per heavy atom. The average molecular weight is 376 g/mol. The molecule has 144 valence electrons. The zero-order valence-corrected chi connectivity index (χ0v) is 16.3. The molecule has 0 unspecified atom stereocenters. The van der Waals surface area contributed by atoms with Crippen molar-refractivity contribution in [1.29, 1.82) is 0 Å². The van der Waals surface area contributed by atoms with Gasteiger partial charge in [0.1, 0.15) is 5.82 Å². The van der Waals surface area contributed by atoms with Gasteiger partial charge in [-0.3, -0.25) is 14.6 Å². The highest BCUT2D eigenvalue weighted by molar-refractivity contribution is 5.79. The maximum atomic E-state index is 12.7. The molecule has 6 nitrogen and oxygen atoms in total. The Balaban J connectivity index is 1.86. The van der Waals surface area contributed by atoms with Gasteiger partial charge in [-0.1, -0.05) is 38.1 Å². The second-order valence-electron chi connectivity index (χ2n) is 7.15. The SMILES string of the molecule is Cc1ccccc1CC(=O)N[C@H](c1cc(=O)[nH]c(-c2ccncc2)n1)C(C)C. The fourth-order valence-electron chi connectivity index (χ4n) is 3.07. The first-order valence-electron chi connectivity index (χ1n) is 9.29. The molecule has 0 aliphatic heterocycles. The highest BCUT2D eigenvalue weighted by Crippen LogP contribution is 2.21. The number of aromatic amines is 1. The third kappa shape index (κ3) is 4.71. The zero-order chi connectivity index (χ0) is 20.1. The van der Waals surface area contributed by atoms with Crippen LogP contribution in [0.15, 0.2) is 59.7 Å². The number of carbonyl (C=O) groups excluding carboxylic acids is 1. The number of H-pyrrole nitrogens is 1. The molecule has 1 aromatic carbocycles. The summed E-state index contributed by atoms with van der Waals surface area (Å²) in [5.41, 5.74) is 3.12. The summed E-state index contributed by atoms with van der Waals surface area (Å²) in [6, 6.07) is 12.5. The summed E-state index contributed by atoms with van der Waals surface area (Å²) in [7, 11) is 0. The number of aromatic nitrogens is 3. The van der Waals surface area contributed by atoms with Gasteiger partial charge >= 0.3 is 0 Å². The van der Waals surface area contributed by atoms with E-state index in [0.717, 1.165) is 16.7 Å². The Morgan fingerprint density at radius 3 is 2.54 bits per heavy atom. The molecule has 2 aromatic heterocycles. The van der Waals surface area contributed by atoms with Crippen LogP contribution in [0.4, 0.5) is 0 Å². The van der Waals surface area contributed by atoms with Gasteiger partial charge in [-0.05, 0) is 36.1 Å². The number of aryl methyl sites for hydroxylation is 1. The highest BCUT2D eigenvalue weighted by Gasteiger charge is 2.21. The normalized spacial score (nSPS) is 12.0. The summed E-state index contributed by atoms with van der Waals surface area (Å²) in [6.45, 7) is 5.98. The highest BCUT2D eigenvalue weighted by atomic mass is 16.1. The summed E-state index contributed by atoms with van der Waals surface area (Å²) in [6.07, 6.45) is 3.58. The summed E-state index contributed by atoms with van der Waals surface area (Å²) in [5, 5.41) is 3.05. The number of hydrogen-bond acceptors (Lipinski definition) is 4. The fourth-order valence-corrected chi connectivity index (χ4v) is 3.07. The van der Waals surface area contributed by atoms with Crippen LogP contribution < -0.4 is 10.9 Å². The number of pyridine rings is 1. The fraction of sp³-hybridized carbons (Fsp3) is 0.273. The van der Waals surface area contributed by atoms with E-state index in [-0.39, 0.29) is 29.8 Å². The van der Waals surface area contributed by atoms with E-state index in [9.17, 15) is 9.59 Å². The summed E-state index contributed by atoms with van der Waals surface area (Å²) in [5.74, 6) is 0.435. The second kappa shape index (κ2) is 8.61. The van der Waals surface area contributed by atoms with Gasteiger partial charge in [0.2, 0.25) is 5.91 Å². The lowest BCUT2D eigenvalue weighted by Crippen LogP contribution is -2.34. The Labute approximate surface area is 164 Å². The van der Waals surface area contributed by atoms with E-state index in [0.29, 0.717) is 11.5 Å². The number of hydrogen-bond donors (Lipinski definition) is 2. The predicted octanol–water partition coefficient (Wildman–Crippen LogP) is 3.20. The Bertz CT molecular complexity index is 1010. The number of benzene rings is 1. The lowest BCUT2D eigenvalue weighted by molar-refractivity contribution is -0.121. The molecule has 0 aliphatic rings. The van der Waals surface area contributed by atoms with Gasteiger partial charge in [0.05, 0.1) is 18.2 Å². The van der Waals surface area contributed by atoms with Crippen molar-refractivity contribution in [3.8, 4) is 11.4 Å². The van der Waals surface area contributed by atoms with Crippen molar-refractivity contribution in [3.63, 3.8) is 0 Å². The Morgan fingerprint density at radius 1 is 1.14 bits per heavy atom. The van der Waals surface area contributed by atoms with Gasteiger partial charge in [-0.25, -0.2) is 4.98 Å². The van der Waals surface area contributed by atoms with E-state index >= 15 is 0 Å². The molecule has 0 saturated heterocycles. The minimum atomic E-state index is -0.362. The smallest absolute Gasteiger partial charge is 0.251 e. The largest absolute Gasteiger partial charge is 0.347 e. The van der Waals surface area contributed by atoms with Crippen LogP contribution >= 0.6 is 0 Å². The molecule has 28 heavy (non-hydrogen) atoms. The topological polar surface area (TPSA) is 87.7 Å². The molecule has 3 rings (SSSR count). The van der Waals surface area contributed by atoms with E-state index in [2.05, 4.69) is 20.3 Å². The third-order valence-electron chi connectivity index (χ3n) is 4.63. The van der Waals surface area contributed by atoms with E-state index in [1.165, 1.54) is 6.07 Å². The van der Waals surface area contributed by atoms with E-state index in [1.807, 2.05) is 45.0 Å². The minimum Gasteiger partial charge on any atom is -0.347 e. The van der Waals surface area contributed by atoms with Crippen molar-refractivity contribution in [2.75, 3.05) is 0 Å². The average Bonchev–Trinajstić information content (AvgIpc) is 2.68. The van der Waals surface area contributed by atoms with Crippen molar-refractivity contribution in [1.82, 2.24) is 20.3 Å². The monoisotopic (exact) mass is 376 g/mol. The maximum absolute atomic E-state index is 12.7. The molecule has 0 saturated carbocycles. The summed E-state index contributed by atoms with van der Waals surface area (Å²) in [4.78, 5) is 36.2.